The van der Waals surface area contributed by atoms with Crippen LogP contribution >= 0.6 is 12.6 Å². The summed E-state index contributed by atoms with van der Waals surface area (Å²) in [7, 11) is -0.179. The van der Waals surface area contributed by atoms with Crippen LogP contribution in [0.4, 0.5) is 0 Å². The van der Waals surface area contributed by atoms with E-state index in [0.29, 0.717) is 13.0 Å². The predicted octanol–water partition coefficient (Wildman–Crippen LogP) is 3.27. The molecule has 0 aliphatic heterocycles. The smallest absolute Gasteiger partial charge is 0.139 e. The van der Waals surface area contributed by atoms with Gasteiger partial charge in [0.15, 0.2) is 0 Å². The first-order valence-electron chi connectivity index (χ1n) is 8.60. The quantitative estimate of drug-likeness (QED) is 0.268. The number of ether oxygens (including phenoxy) is 1. The number of nitriles is 1. The van der Waals surface area contributed by atoms with Crippen LogP contribution in [0, 0.1) is 11.3 Å². The highest BCUT2D eigenvalue weighted by atomic mass is 32.1. The van der Waals surface area contributed by atoms with E-state index in [0.717, 1.165) is 12.8 Å². The lowest BCUT2D eigenvalue weighted by Gasteiger charge is -2.28. The predicted molar refractivity (Wildman–Crippen MR) is 99.8 cm³/mol. The summed E-state index contributed by atoms with van der Waals surface area (Å²) in [5, 5.41) is 29.2. The van der Waals surface area contributed by atoms with Crippen molar-refractivity contribution in [2.75, 3.05) is 13.2 Å². The zero-order valence-electron chi connectivity index (χ0n) is 14.8. The molecule has 0 fully saturated rings. The second-order valence-electron chi connectivity index (χ2n) is 6.14. The van der Waals surface area contributed by atoms with Gasteiger partial charge in [0, 0.05) is 6.61 Å². The summed E-state index contributed by atoms with van der Waals surface area (Å²) in [4.78, 5) is 0. The minimum atomic E-state index is -1.11. The monoisotopic (exact) mass is 358 g/mol. The van der Waals surface area contributed by atoms with E-state index in [4.69, 9.17) is 4.74 Å². The molecule has 0 aliphatic rings. The Morgan fingerprint density at radius 2 is 1.74 bits per heavy atom. The Bertz CT molecular complexity index is 400. The Morgan fingerprint density at radius 3 is 2.22 bits per heavy atom. The number of unbranched alkanes of at least 4 members (excludes halogenated alkanes) is 6. The Balaban J connectivity index is 4.53. The van der Waals surface area contributed by atoms with E-state index < -0.39 is 9.97 Å². The highest BCUT2D eigenvalue weighted by Gasteiger charge is 2.33. The van der Waals surface area contributed by atoms with Crippen molar-refractivity contribution in [3.05, 3.63) is 0 Å². The Kier molecular flexibility index (Phi) is 11.9. The summed E-state index contributed by atoms with van der Waals surface area (Å²) in [6.07, 6.45) is 8.88. The van der Waals surface area contributed by atoms with E-state index in [1.54, 1.807) is 13.8 Å². The van der Waals surface area contributed by atoms with E-state index in [-0.39, 0.29) is 21.1 Å². The second-order valence-corrected chi connectivity index (χ2v) is 8.90. The van der Waals surface area contributed by atoms with Crippen LogP contribution in [-0.4, -0.2) is 47.9 Å². The van der Waals surface area contributed by atoms with Crippen molar-refractivity contribution in [3.63, 3.8) is 0 Å². The minimum Gasteiger partial charge on any atom is -0.515 e. The molecule has 0 aromatic heterocycles. The zero-order chi connectivity index (χ0) is 17.8. The van der Waals surface area contributed by atoms with Crippen molar-refractivity contribution < 1.29 is 14.9 Å². The number of rotatable bonds is 13. The Morgan fingerprint density at radius 1 is 1.17 bits per heavy atom. The fourth-order valence-electron chi connectivity index (χ4n) is 2.32. The van der Waals surface area contributed by atoms with Gasteiger partial charge in [-0.25, -0.2) is 0 Å². The van der Waals surface area contributed by atoms with Crippen molar-refractivity contribution in [3.8, 4) is 6.07 Å². The summed E-state index contributed by atoms with van der Waals surface area (Å²) in [6, 6.07) is 2.22. The van der Waals surface area contributed by atoms with Crippen LogP contribution in [0.25, 0.3) is 0 Å². The summed E-state index contributed by atoms with van der Waals surface area (Å²) in [6.45, 7) is 5.72. The van der Waals surface area contributed by atoms with Crippen molar-refractivity contribution in [2.45, 2.75) is 82.1 Å². The average Bonchev–Trinajstić information content (AvgIpc) is 2.54. The largest absolute Gasteiger partial charge is 0.515 e. The van der Waals surface area contributed by atoms with E-state index >= 15 is 0 Å². The van der Waals surface area contributed by atoms with Crippen molar-refractivity contribution in [1.82, 2.24) is 0 Å². The van der Waals surface area contributed by atoms with Gasteiger partial charge in [-0.2, -0.15) is 17.9 Å². The first-order valence-corrected chi connectivity index (χ1v) is 10.0. The summed E-state index contributed by atoms with van der Waals surface area (Å²) < 4.78 is 4.55. The molecule has 6 heteroatoms. The molecule has 0 aliphatic carbocycles. The molecule has 133 valence electrons. The van der Waals surface area contributed by atoms with Crippen molar-refractivity contribution in [2.24, 2.45) is 0 Å². The highest BCUT2D eigenvalue weighted by molar-refractivity contribution is 7.83. The molecule has 0 rings (SSSR count). The molecule has 0 aromatic rings. The average molecular weight is 359 g/mol. The number of thiol groups is 1. The molecule has 0 bridgehead atoms. The molecule has 1 radical (unpaired) electrons. The molecule has 0 amide bonds. The number of hydrogen-bond acceptors (Lipinski definition) is 5. The Labute approximate surface area is 149 Å². The maximum Gasteiger partial charge on any atom is 0.139 e. The summed E-state index contributed by atoms with van der Waals surface area (Å²) in [5.41, 5.74) is -1.11. The standard InChI is InChI=1S/C17H32NO3SSi/c1-4-6-7-8-9-10-11-12-17(22,13-18)23-15(20)16(3,14-19)21-5-2/h19-20,22H,4-12,14H2,1-3H3. The Hall–Kier alpha value is -0.353. The number of hydrogen-bond donors (Lipinski definition) is 3. The molecule has 2 N–H and O–H groups in total. The third-order valence-electron chi connectivity index (χ3n) is 3.92. The van der Waals surface area contributed by atoms with E-state index in [1.165, 1.54) is 32.1 Å². The van der Waals surface area contributed by atoms with Gasteiger partial charge in [-0.05, 0) is 20.3 Å². The van der Waals surface area contributed by atoms with E-state index in [2.05, 4.69) is 25.6 Å². The number of aliphatic hydroxyl groups is 2. The van der Waals surface area contributed by atoms with Gasteiger partial charge in [0.1, 0.15) is 24.5 Å². The lowest BCUT2D eigenvalue weighted by atomic mass is 10.1. The molecule has 0 aromatic carbocycles. The topological polar surface area (TPSA) is 73.5 Å². The van der Waals surface area contributed by atoms with Gasteiger partial charge in [0.25, 0.3) is 0 Å². The molecule has 0 saturated heterocycles. The maximum atomic E-state index is 10.3. The normalized spacial score (nSPS) is 17.3. The first-order chi connectivity index (χ1) is 10.9. The zero-order valence-corrected chi connectivity index (χ0v) is 16.7. The van der Waals surface area contributed by atoms with Crippen LogP contribution in [0.5, 0.6) is 0 Å². The molecule has 4 nitrogen and oxygen atoms in total. The molecule has 23 heavy (non-hydrogen) atoms. The van der Waals surface area contributed by atoms with Gasteiger partial charge in [-0.15, -0.1) is 0 Å². The maximum absolute atomic E-state index is 10.3. The minimum absolute atomic E-state index is 0.0151. The van der Waals surface area contributed by atoms with E-state index in [9.17, 15) is 15.5 Å². The van der Waals surface area contributed by atoms with Crippen LogP contribution in [0.15, 0.2) is 0 Å². The van der Waals surface area contributed by atoms with Gasteiger partial charge < -0.3 is 14.9 Å². The van der Waals surface area contributed by atoms with Crippen LogP contribution in [-0.2, 0) is 4.74 Å². The fraction of sp³-hybridized carbons (Fsp3) is 0.882. The van der Waals surface area contributed by atoms with Crippen LogP contribution in [0.3, 0.4) is 0 Å². The lowest BCUT2D eigenvalue weighted by Crippen LogP contribution is -2.46. The van der Waals surface area contributed by atoms with E-state index in [1.807, 2.05) is 0 Å². The first kappa shape index (κ1) is 22.6. The van der Waals surface area contributed by atoms with Gasteiger partial charge >= 0.3 is 0 Å². The van der Waals surface area contributed by atoms with Gasteiger partial charge in [-0.3, -0.25) is 0 Å². The van der Waals surface area contributed by atoms with Crippen LogP contribution in [0.2, 0.25) is 0 Å². The van der Waals surface area contributed by atoms with Crippen molar-refractivity contribution in [1.29, 1.82) is 5.26 Å². The van der Waals surface area contributed by atoms with Gasteiger partial charge in [0.2, 0.25) is 0 Å². The molecule has 0 saturated carbocycles. The fourth-order valence-corrected chi connectivity index (χ4v) is 3.96. The summed E-state index contributed by atoms with van der Waals surface area (Å²) >= 11 is 4.49. The molecule has 2 atom stereocenters. The van der Waals surface area contributed by atoms with Crippen molar-refractivity contribution >= 4 is 27.1 Å². The third-order valence-corrected chi connectivity index (χ3v) is 6.12. The number of nitrogens with zero attached hydrogens (tertiary/aromatic N) is 1. The summed E-state index contributed by atoms with van der Waals surface area (Å²) in [5.74, 6) is 0. The van der Waals surface area contributed by atoms with Gasteiger partial charge in [0.05, 0.1) is 12.7 Å². The molecule has 0 heterocycles. The molecule has 2 unspecified atom stereocenters. The van der Waals surface area contributed by atoms with Crippen LogP contribution in [0.1, 0.15) is 72.1 Å². The van der Waals surface area contributed by atoms with Gasteiger partial charge in [-0.1, -0.05) is 51.9 Å². The number of aliphatic hydroxyl groups excluding tert-OH is 2. The highest BCUT2D eigenvalue weighted by Crippen LogP contribution is 2.21. The molecular formula is C17H32NO3SSi. The SMILES string of the molecule is CCCCCCCCCC(S)(C#N)[Si]=C(O)C(C)(CO)OCC. The second kappa shape index (κ2) is 12.1. The third kappa shape index (κ3) is 8.90. The van der Waals surface area contributed by atoms with Crippen LogP contribution < -0.4 is 0 Å². The molecule has 0 spiro atoms. The molecular weight excluding hydrogens is 326 g/mol. The lowest BCUT2D eigenvalue weighted by molar-refractivity contribution is -0.0199.